The van der Waals surface area contributed by atoms with Crippen molar-refractivity contribution >= 4 is 11.8 Å². The average Bonchev–Trinajstić information content (AvgIpc) is 3.08. The van der Waals surface area contributed by atoms with Crippen molar-refractivity contribution in [2.24, 2.45) is 11.8 Å². The highest BCUT2D eigenvalue weighted by Crippen LogP contribution is 2.41. The molecule has 1 N–H and O–H groups in total. The van der Waals surface area contributed by atoms with Gasteiger partial charge in [-0.3, -0.25) is 9.59 Å². The number of methoxy groups -OCH3 is 2. The third-order valence-electron chi connectivity index (χ3n) is 5.76. The molecule has 2 amide bonds. The normalized spacial score (nSPS) is 23.0. The largest absolute Gasteiger partial charge is 0.493 e. The number of benzene rings is 1. The number of likely N-dealkylation sites (tertiary alicyclic amines) is 1. The van der Waals surface area contributed by atoms with Crippen LogP contribution >= 0.6 is 0 Å². The fourth-order valence-corrected chi connectivity index (χ4v) is 4.17. The van der Waals surface area contributed by atoms with Crippen LogP contribution < -0.4 is 14.8 Å². The van der Waals surface area contributed by atoms with Gasteiger partial charge in [-0.25, -0.2) is 0 Å². The second kappa shape index (κ2) is 9.28. The average molecular weight is 390 g/mol. The highest BCUT2D eigenvalue weighted by atomic mass is 16.5. The predicted octanol–water partition coefficient (Wildman–Crippen LogP) is 2.16. The van der Waals surface area contributed by atoms with Gasteiger partial charge in [0.2, 0.25) is 11.8 Å². The molecule has 154 valence electrons. The third-order valence-corrected chi connectivity index (χ3v) is 5.76. The summed E-state index contributed by atoms with van der Waals surface area (Å²) in [5.74, 6) is 1.20. The first-order chi connectivity index (χ1) is 13.6. The Labute approximate surface area is 166 Å². The molecule has 0 bridgehead atoms. The zero-order chi connectivity index (χ0) is 20.1. The number of nitrogens with zero attached hydrogens (tertiary/aromatic N) is 1. The van der Waals surface area contributed by atoms with Crippen molar-refractivity contribution in [3.63, 3.8) is 0 Å². The van der Waals surface area contributed by atoms with E-state index in [1.165, 1.54) is 0 Å². The molecular formula is C21H30N2O5. The molecule has 0 aliphatic carbocycles. The molecule has 2 aliphatic heterocycles. The number of rotatable bonds is 7. The van der Waals surface area contributed by atoms with Gasteiger partial charge in [0.25, 0.3) is 0 Å². The van der Waals surface area contributed by atoms with Crippen molar-refractivity contribution in [3.05, 3.63) is 23.8 Å². The molecular weight excluding hydrogens is 360 g/mol. The smallest absolute Gasteiger partial charge is 0.226 e. The molecule has 0 spiro atoms. The standard InChI is InChI=1S/C21H30N2O5/c1-4-23-19(24)12-16(21(25)22-13-14-7-9-28-10-8-14)20(23)15-5-6-17(26-2)18(11-15)27-3/h5-6,11,14,16,20H,4,7-10,12-13H2,1-3H3,(H,22,25)/t16-,20+/m1/s1. The SMILES string of the molecule is CCN1C(=O)C[C@@H](C(=O)NCC2CCOCC2)[C@@H]1c1ccc(OC)c(OC)c1. The van der Waals surface area contributed by atoms with E-state index in [9.17, 15) is 9.59 Å². The lowest BCUT2D eigenvalue weighted by molar-refractivity contribution is -0.129. The lowest BCUT2D eigenvalue weighted by atomic mass is 9.92. The molecule has 0 radical (unpaired) electrons. The van der Waals surface area contributed by atoms with E-state index in [4.69, 9.17) is 14.2 Å². The van der Waals surface area contributed by atoms with Crippen LogP contribution in [0.25, 0.3) is 0 Å². The summed E-state index contributed by atoms with van der Waals surface area (Å²) < 4.78 is 16.1. The van der Waals surface area contributed by atoms with Crippen LogP contribution in [0.15, 0.2) is 18.2 Å². The van der Waals surface area contributed by atoms with Crippen LogP contribution in [-0.4, -0.2) is 57.2 Å². The van der Waals surface area contributed by atoms with E-state index in [1.54, 1.807) is 19.1 Å². The highest BCUT2D eigenvalue weighted by Gasteiger charge is 2.44. The van der Waals surface area contributed by atoms with E-state index in [0.29, 0.717) is 30.5 Å². The molecule has 0 aromatic heterocycles. The van der Waals surface area contributed by atoms with Gasteiger partial charge >= 0.3 is 0 Å². The summed E-state index contributed by atoms with van der Waals surface area (Å²) in [4.78, 5) is 27.3. The molecule has 3 rings (SSSR count). The molecule has 2 fully saturated rings. The molecule has 2 aliphatic rings. The minimum Gasteiger partial charge on any atom is -0.493 e. The van der Waals surface area contributed by atoms with Gasteiger partial charge in [-0.15, -0.1) is 0 Å². The Morgan fingerprint density at radius 3 is 2.57 bits per heavy atom. The Morgan fingerprint density at radius 1 is 1.21 bits per heavy atom. The summed E-state index contributed by atoms with van der Waals surface area (Å²) >= 11 is 0. The predicted molar refractivity (Wildman–Crippen MR) is 104 cm³/mol. The van der Waals surface area contributed by atoms with Gasteiger partial charge in [-0.1, -0.05) is 6.07 Å². The van der Waals surface area contributed by atoms with Gasteiger partial charge in [0, 0.05) is 32.7 Å². The zero-order valence-corrected chi connectivity index (χ0v) is 16.9. The fourth-order valence-electron chi connectivity index (χ4n) is 4.17. The minimum absolute atomic E-state index is 0.00787. The van der Waals surface area contributed by atoms with Crippen molar-refractivity contribution in [2.75, 3.05) is 40.5 Å². The van der Waals surface area contributed by atoms with Crippen molar-refractivity contribution in [2.45, 2.75) is 32.2 Å². The molecule has 28 heavy (non-hydrogen) atoms. The van der Waals surface area contributed by atoms with Crippen molar-refractivity contribution in [1.29, 1.82) is 0 Å². The Bertz CT molecular complexity index is 702. The number of carbonyl (C=O) groups is 2. The third kappa shape index (κ3) is 4.24. The number of amides is 2. The van der Waals surface area contributed by atoms with E-state index in [-0.39, 0.29) is 24.3 Å². The topological polar surface area (TPSA) is 77.1 Å². The van der Waals surface area contributed by atoms with Crippen LogP contribution in [-0.2, 0) is 14.3 Å². The molecule has 0 unspecified atom stereocenters. The number of carbonyl (C=O) groups excluding carboxylic acids is 2. The van der Waals surface area contributed by atoms with Crippen LogP contribution in [0.5, 0.6) is 11.5 Å². The van der Waals surface area contributed by atoms with Crippen molar-refractivity contribution in [1.82, 2.24) is 10.2 Å². The highest BCUT2D eigenvalue weighted by molar-refractivity contribution is 5.90. The van der Waals surface area contributed by atoms with Crippen LogP contribution in [0.4, 0.5) is 0 Å². The first-order valence-corrected chi connectivity index (χ1v) is 9.95. The van der Waals surface area contributed by atoms with Gasteiger partial charge in [-0.2, -0.15) is 0 Å². The van der Waals surface area contributed by atoms with E-state index in [0.717, 1.165) is 31.6 Å². The van der Waals surface area contributed by atoms with Crippen LogP contribution in [0.2, 0.25) is 0 Å². The summed E-state index contributed by atoms with van der Waals surface area (Å²) in [6.45, 7) is 4.63. The molecule has 2 atom stereocenters. The minimum atomic E-state index is -0.412. The summed E-state index contributed by atoms with van der Waals surface area (Å²) in [5.41, 5.74) is 0.886. The van der Waals surface area contributed by atoms with E-state index in [2.05, 4.69) is 5.32 Å². The second-order valence-corrected chi connectivity index (χ2v) is 7.35. The second-order valence-electron chi connectivity index (χ2n) is 7.35. The van der Waals surface area contributed by atoms with Crippen LogP contribution in [0.3, 0.4) is 0 Å². The van der Waals surface area contributed by atoms with Crippen LogP contribution in [0, 0.1) is 11.8 Å². The summed E-state index contributed by atoms with van der Waals surface area (Å²) in [7, 11) is 3.17. The summed E-state index contributed by atoms with van der Waals surface area (Å²) in [6.07, 6.45) is 2.15. The molecule has 7 nitrogen and oxygen atoms in total. The Balaban J connectivity index is 1.79. The van der Waals surface area contributed by atoms with Crippen LogP contribution in [0.1, 0.15) is 37.8 Å². The van der Waals surface area contributed by atoms with E-state index >= 15 is 0 Å². The zero-order valence-electron chi connectivity index (χ0n) is 16.9. The number of ether oxygens (including phenoxy) is 3. The molecule has 0 saturated carbocycles. The summed E-state index contributed by atoms with van der Waals surface area (Å²) in [5, 5.41) is 3.08. The van der Waals surface area contributed by atoms with Crippen molar-refractivity contribution < 1.29 is 23.8 Å². The lowest BCUT2D eigenvalue weighted by Crippen LogP contribution is -2.38. The maximum Gasteiger partial charge on any atom is 0.226 e. The van der Waals surface area contributed by atoms with Gasteiger partial charge in [0.05, 0.1) is 26.2 Å². The maximum absolute atomic E-state index is 13.0. The van der Waals surface area contributed by atoms with Gasteiger partial charge < -0.3 is 24.4 Å². The van der Waals surface area contributed by atoms with E-state index < -0.39 is 5.92 Å². The fraction of sp³-hybridized carbons (Fsp3) is 0.619. The quantitative estimate of drug-likeness (QED) is 0.772. The Morgan fingerprint density at radius 2 is 1.93 bits per heavy atom. The summed E-state index contributed by atoms with van der Waals surface area (Å²) in [6, 6.07) is 5.30. The maximum atomic E-state index is 13.0. The Kier molecular flexibility index (Phi) is 6.78. The molecule has 1 aromatic rings. The molecule has 7 heteroatoms. The molecule has 1 aromatic carbocycles. The van der Waals surface area contributed by atoms with Gasteiger partial charge in [0.15, 0.2) is 11.5 Å². The number of nitrogens with one attached hydrogen (secondary N) is 1. The number of hydrogen-bond acceptors (Lipinski definition) is 5. The number of hydrogen-bond donors (Lipinski definition) is 1. The lowest BCUT2D eigenvalue weighted by Gasteiger charge is -2.28. The Hall–Kier alpha value is -2.28. The first kappa shape index (κ1) is 20.5. The van der Waals surface area contributed by atoms with Crippen molar-refractivity contribution in [3.8, 4) is 11.5 Å². The van der Waals surface area contributed by atoms with E-state index in [1.807, 2.05) is 25.1 Å². The van der Waals surface area contributed by atoms with Gasteiger partial charge in [0.1, 0.15) is 0 Å². The first-order valence-electron chi connectivity index (χ1n) is 9.95. The molecule has 2 heterocycles. The van der Waals surface area contributed by atoms with Gasteiger partial charge in [-0.05, 0) is 43.4 Å². The molecule has 2 saturated heterocycles. The monoisotopic (exact) mass is 390 g/mol.